The highest BCUT2D eigenvalue weighted by molar-refractivity contribution is 5.91. The van der Waals surface area contributed by atoms with Gasteiger partial charge in [-0.05, 0) is 24.6 Å². The molecule has 0 atom stereocenters. The van der Waals surface area contributed by atoms with E-state index in [9.17, 15) is 9.90 Å². The molecule has 1 amide bonds. The Balaban J connectivity index is 1.98. The quantitative estimate of drug-likeness (QED) is 0.847. The van der Waals surface area contributed by atoms with E-state index in [1.165, 1.54) is 0 Å². The van der Waals surface area contributed by atoms with Gasteiger partial charge in [0.05, 0.1) is 6.42 Å². The summed E-state index contributed by atoms with van der Waals surface area (Å²) in [5.74, 6) is 0.974. The second-order valence-electron chi connectivity index (χ2n) is 3.72. The van der Waals surface area contributed by atoms with Crippen LogP contribution in [0.2, 0.25) is 0 Å². The van der Waals surface area contributed by atoms with E-state index in [4.69, 9.17) is 4.52 Å². The number of phenolic OH excluding ortho intramolecular Hbond substituents is 1. The Hall–Kier alpha value is -2.30. The van der Waals surface area contributed by atoms with Crippen molar-refractivity contribution in [2.24, 2.45) is 0 Å². The number of aryl methyl sites for hydroxylation is 1. The average Bonchev–Trinajstić information content (AvgIpc) is 2.63. The second-order valence-corrected chi connectivity index (χ2v) is 3.72. The Morgan fingerprint density at radius 2 is 2.29 bits per heavy atom. The lowest BCUT2D eigenvalue weighted by atomic mass is 10.1. The average molecular weight is 232 g/mol. The molecule has 88 valence electrons. The van der Waals surface area contributed by atoms with Gasteiger partial charge in [0.25, 0.3) is 0 Å². The number of carbonyl (C=O) groups excluding carboxylic acids is 1. The third-order valence-electron chi connectivity index (χ3n) is 2.17. The third kappa shape index (κ3) is 3.07. The molecule has 0 aliphatic carbocycles. The van der Waals surface area contributed by atoms with E-state index in [0.717, 1.165) is 5.56 Å². The first-order chi connectivity index (χ1) is 8.13. The Kier molecular flexibility index (Phi) is 3.09. The van der Waals surface area contributed by atoms with Gasteiger partial charge in [-0.1, -0.05) is 17.3 Å². The van der Waals surface area contributed by atoms with Gasteiger partial charge in [0.1, 0.15) is 11.5 Å². The smallest absolute Gasteiger partial charge is 0.230 e. The van der Waals surface area contributed by atoms with E-state index < -0.39 is 0 Å². The number of nitrogens with zero attached hydrogens (tertiary/aromatic N) is 1. The number of aromatic nitrogens is 1. The van der Waals surface area contributed by atoms with E-state index in [-0.39, 0.29) is 18.1 Å². The van der Waals surface area contributed by atoms with E-state index in [2.05, 4.69) is 10.5 Å². The number of anilines is 1. The van der Waals surface area contributed by atoms with Crippen LogP contribution in [0.25, 0.3) is 0 Å². The molecule has 2 rings (SSSR count). The minimum Gasteiger partial charge on any atom is -0.508 e. The van der Waals surface area contributed by atoms with Gasteiger partial charge in [-0.15, -0.1) is 0 Å². The molecule has 0 fully saturated rings. The summed E-state index contributed by atoms with van der Waals surface area (Å²) in [6.07, 6.45) is 0.181. The summed E-state index contributed by atoms with van der Waals surface area (Å²) < 4.78 is 4.83. The molecular formula is C12H12N2O3. The lowest BCUT2D eigenvalue weighted by Gasteiger charge is -2.02. The highest BCUT2D eigenvalue weighted by Crippen LogP contribution is 2.12. The summed E-state index contributed by atoms with van der Waals surface area (Å²) in [4.78, 5) is 11.6. The number of nitrogens with one attached hydrogen (secondary N) is 1. The van der Waals surface area contributed by atoms with Gasteiger partial charge < -0.3 is 14.9 Å². The van der Waals surface area contributed by atoms with Crippen molar-refractivity contribution in [3.05, 3.63) is 41.7 Å². The Bertz CT molecular complexity index is 534. The first kappa shape index (κ1) is 11.2. The lowest BCUT2D eigenvalue weighted by Crippen LogP contribution is -2.14. The van der Waals surface area contributed by atoms with Crippen molar-refractivity contribution in [3.8, 4) is 5.75 Å². The number of aromatic hydroxyl groups is 1. The fraction of sp³-hybridized carbons (Fsp3) is 0.167. The van der Waals surface area contributed by atoms with Crippen LogP contribution in [0.3, 0.4) is 0 Å². The second kappa shape index (κ2) is 4.69. The fourth-order valence-electron chi connectivity index (χ4n) is 1.46. The van der Waals surface area contributed by atoms with E-state index in [0.29, 0.717) is 11.6 Å². The number of amides is 1. The molecule has 0 saturated heterocycles. The van der Waals surface area contributed by atoms with Crippen LogP contribution in [-0.2, 0) is 11.2 Å². The molecule has 5 heteroatoms. The molecule has 1 aromatic heterocycles. The van der Waals surface area contributed by atoms with Crippen LogP contribution in [0.1, 0.15) is 11.3 Å². The number of benzene rings is 1. The van der Waals surface area contributed by atoms with Gasteiger partial charge in [-0.25, -0.2) is 0 Å². The minimum atomic E-state index is -0.205. The summed E-state index contributed by atoms with van der Waals surface area (Å²) in [6, 6.07) is 8.21. The zero-order valence-corrected chi connectivity index (χ0v) is 9.30. The molecule has 2 aromatic rings. The molecule has 0 aliphatic heterocycles. The molecule has 5 nitrogen and oxygen atoms in total. The topological polar surface area (TPSA) is 75.4 Å². The van der Waals surface area contributed by atoms with Crippen LogP contribution in [0.4, 0.5) is 5.82 Å². The van der Waals surface area contributed by atoms with Crippen molar-refractivity contribution in [2.75, 3.05) is 5.32 Å². The predicted molar refractivity (Wildman–Crippen MR) is 61.7 cm³/mol. The van der Waals surface area contributed by atoms with Crippen LogP contribution in [0.15, 0.2) is 34.9 Å². The molecule has 1 heterocycles. The number of carbonyl (C=O) groups is 1. The highest BCUT2D eigenvalue weighted by Gasteiger charge is 2.07. The molecule has 0 spiro atoms. The van der Waals surface area contributed by atoms with Crippen molar-refractivity contribution in [2.45, 2.75) is 13.3 Å². The van der Waals surface area contributed by atoms with E-state index in [1.54, 1.807) is 37.3 Å². The molecule has 0 saturated carbocycles. The first-order valence-electron chi connectivity index (χ1n) is 5.14. The Labute approximate surface area is 98.1 Å². The summed E-state index contributed by atoms with van der Waals surface area (Å²) in [5, 5.41) is 15.5. The molecule has 0 radical (unpaired) electrons. The van der Waals surface area contributed by atoms with E-state index in [1.807, 2.05) is 0 Å². The summed E-state index contributed by atoms with van der Waals surface area (Å²) in [5.41, 5.74) is 0.739. The molecule has 1 aromatic carbocycles. The maximum Gasteiger partial charge on any atom is 0.230 e. The van der Waals surface area contributed by atoms with Crippen molar-refractivity contribution >= 4 is 11.7 Å². The van der Waals surface area contributed by atoms with Crippen molar-refractivity contribution in [1.29, 1.82) is 0 Å². The lowest BCUT2D eigenvalue weighted by molar-refractivity contribution is -0.115. The van der Waals surface area contributed by atoms with Gasteiger partial charge in [0.2, 0.25) is 5.91 Å². The molecule has 2 N–H and O–H groups in total. The number of rotatable bonds is 3. The molecule has 17 heavy (non-hydrogen) atoms. The summed E-state index contributed by atoms with van der Waals surface area (Å²) in [7, 11) is 0. The zero-order chi connectivity index (χ0) is 12.3. The molecule has 0 unspecified atom stereocenters. The van der Waals surface area contributed by atoms with Crippen LogP contribution < -0.4 is 5.32 Å². The zero-order valence-electron chi connectivity index (χ0n) is 9.30. The normalized spacial score (nSPS) is 10.2. The maximum atomic E-state index is 11.6. The standard InChI is InChI=1S/C12H12N2O3/c1-8-5-11(14-17-8)13-12(16)7-9-3-2-4-10(15)6-9/h2-6,15H,7H2,1H3,(H,13,14,16). The monoisotopic (exact) mass is 232 g/mol. The fourth-order valence-corrected chi connectivity index (χ4v) is 1.46. The van der Waals surface area contributed by atoms with Crippen molar-refractivity contribution in [3.63, 3.8) is 0 Å². The molecular weight excluding hydrogens is 220 g/mol. The van der Waals surface area contributed by atoms with Gasteiger partial charge in [-0.2, -0.15) is 0 Å². The predicted octanol–water partition coefficient (Wildman–Crippen LogP) is 1.87. The SMILES string of the molecule is Cc1cc(NC(=O)Cc2cccc(O)c2)no1. The largest absolute Gasteiger partial charge is 0.508 e. The van der Waals surface area contributed by atoms with Crippen LogP contribution in [0.5, 0.6) is 5.75 Å². The first-order valence-corrected chi connectivity index (χ1v) is 5.14. The van der Waals surface area contributed by atoms with Crippen LogP contribution in [-0.4, -0.2) is 16.2 Å². The van der Waals surface area contributed by atoms with Crippen molar-refractivity contribution in [1.82, 2.24) is 5.16 Å². The summed E-state index contributed by atoms with van der Waals surface area (Å²) >= 11 is 0. The van der Waals surface area contributed by atoms with E-state index >= 15 is 0 Å². The highest BCUT2D eigenvalue weighted by atomic mass is 16.5. The minimum absolute atomic E-state index is 0.146. The number of phenols is 1. The Morgan fingerprint density at radius 1 is 1.47 bits per heavy atom. The molecule has 0 aliphatic rings. The van der Waals surface area contributed by atoms with Crippen molar-refractivity contribution < 1.29 is 14.4 Å². The number of hydrogen-bond donors (Lipinski definition) is 2. The van der Waals surface area contributed by atoms with Gasteiger partial charge in [-0.3, -0.25) is 4.79 Å². The third-order valence-corrected chi connectivity index (χ3v) is 2.17. The maximum absolute atomic E-state index is 11.6. The van der Waals surface area contributed by atoms with Crippen LogP contribution in [0, 0.1) is 6.92 Å². The summed E-state index contributed by atoms with van der Waals surface area (Å²) in [6.45, 7) is 1.75. The van der Waals surface area contributed by atoms with Gasteiger partial charge >= 0.3 is 0 Å². The Morgan fingerprint density at radius 3 is 2.94 bits per heavy atom. The van der Waals surface area contributed by atoms with Crippen LogP contribution >= 0.6 is 0 Å². The van der Waals surface area contributed by atoms with Gasteiger partial charge in [0.15, 0.2) is 5.82 Å². The number of hydrogen-bond acceptors (Lipinski definition) is 4. The molecule has 0 bridgehead atoms. The van der Waals surface area contributed by atoms with Gasteiger partial charge in [0, 0.05) is 6.07 Å².